The molecule has 12 nitrogen and oxygen atoms in total. The van der Waals surface area contributed by atoms with Crippen LogP contribution in [0.2, 0.25) is 0 Å². The third-order valence-corrected chi connectivity index (χ3v) is 11.3. The molecule has 6 rings (SSSR count). The number of rotatable bonds is 7. The van der Waals surface area contributed by atoms with E-state index in [-0.39, 0.29) is 18.5 Å². The number of pyridine rings is 1. The van der Waals surface area contributed by atoms with Gasteiger partial charge >= 0.3 is 0 Å². The molecule has 40 heavy (non-hydrogen) atoms. The van der Waals surface area contributed by atoms with Crippen molar-refractivity contribution in [3.63, 3.8) is 0 Å². The van der Waals surface area contributed by atoms with Gasteiger partial charge in [-0.25, -0.2) is 20.3 Å². The van der Waals surface area contributed by atoms with Gasteiger partial charge in [0.15, 0.2) is 0 Å². The quantitative estimate of drug-likeness (QED) is 0.237. The molecule has 212 valence electrons. The Kier molecular flexibility index (Phi) is 7.91. The lowest BCUT2D eigenvalue weighted by Gasteiger charge is -2.51. The summed E-state index contributed by atoms with van der Waals surface area (Å²) in [6.45, 7) is 0.374. The Bertz CT molecular complexity index is 1390. The molecule has 0 bridgehead atoms. The fourth-order valence-corrected chi connectivity index (χ4v) is 9.25. The van der Waals surface area contributed by atoms with Gasteiger partial charge in [0, 0.05) is 46.9 Å². The predicted octanol–water partition coefficient (Wildman–Crippen LogP) is 0.892. The molecule has 3 aromatic heterocycles. The summed E-state index contributed by atoms with van der Waals surface area (Å²) in [5.74, 6) is 0.547. The number of methoxy groups -OCH3 is 1. The van der Waals surface area contributed by atoms with Gasteiger partial charge in [-0.1, -0.05) is 40.8 Å². The highest BCUT2D eigenvalue weighted by Gasteiger charge is 2.49. The summed E-state index contributed by atoms with van der Waals surface area (Å²) < 4.78 is 15.1. The van der Waals surface area contributed by atoms with E-state index >= 15 is 0 Å². The Balaban J connectivity index is 1.23. The topological polar surface area (TPSA) is 153 Å². The lowest BCUT2D eigenvalue weighted by Crippen LogP contribution is -2.55. The first kappa shape index (κ1) is 27.0. The van der Waals surface area contributed by atoms with Crippen LogP contribution in [0.4, 0.5) is 0 Å². The molecule has 2 fully saturated rings. The molecular weight excluding hydrogens is 534 g/mol. The molecule has 2 aliphatic rings. The van der Waals surface area contributed by atoms with Crippen LogP contribution < -0.4 is 0 Å². The van der Waals surface area contributed by atoms with Crippen molar-refractivity contribution < 1.29 is 24.8 Å². The van der Waals surface area contributed by atoms with Crippen molar-refractivity contribution in [1.82, 2.24) is 35.0 Å². The largest absolute Gasteiger partial charge is 0.395 e. The van der Waals surface area contributed by atoms with Gasteiger partial charge < -0.3 is 24.8 Å². The second kappa shape index (κ2) is 11.7. The zero-order valence-electron chi connectivity index (χ0n) is 22.0. The molecule has 0 spiro atoms. The number of hydrogen-bond donors (Lipinski definition) is 4. The van der Waals surface area contributed by atoms with E-state index in [1.54, 1.807) is 35.1 Å². The average molecular weight is 568 g/mol. The molecule has 2 aliphatic heterocycles. The van der Waals surface area contributed by atoms with Crippen molar-refractivity contribution in [2.45, 2.75) is 40.9 Å². The molecule has 8 atom stereocenters. The first-order valence-corrected chi connectivity index (χ1v) is 14.9. The van der Waals surface area contributed by atoms with Crippen molar-refractivity contribution >= 4 is 10.9 Å². The standard InChI is InChI=1S/C27H33N7O5S/c1-38-22-16-40(23(13-35)27(37)25(22)34-12-20(30-32-34)18-8-5-9-28-10-18)24-15-39-14-21(26(24)36)33-11-19(29-31-33)17-6-3-2-4-7-17/h2-12,21-27,35-37,40H,13-16H2,1H3/t21-,22-,23+,24+,25+,26+,27-/m0/s1. The number of aromatic nitrogens is 7. The van der Waals surface area contributed by atoms with Crippen molar-refractivity contribution in [2.24, 2.45) is 0 Å². The van der Waals surface area contributed by atoms with E-state index in [0.29, 0.717) is 23.7 Å². The van der Waals surface area contributed by atoms with Gasteiger partial charge in [-0.3, -0.25) is 4.98 Å². The van der Waals surface area contributed by atoms with Gasteiger partial charge in [0.05, 0.1) is 50.5 Å². The molecule has 0 saturated carbocycles. The maximum absolute atomic E-state index is 11.6. The highest BCUT2D eigenvalue weighted by Crippen LogP contribution is 2.51. The Morgan fingerprint density at radius 1 is 0.950 bits per heavy atom. The fraction of sp³-hybridized carbons (Fsp3) is 0.444. The van der Waals surface area contributed by atoms with E-state index in [0.717, 1.165) is 11.1 Å². The zero-order chi connectivity index (χ0) is 27.6. The van der Waals surface area contributed by atoms with Crippen molar-refractivity contribution in [1.29, 1.82) is 0 Å². The summed E-state index contributed by atoms with van der Waals surface area (Å²) in [5, 5.41) is 50.1. The molecule has 3 N–H and O–H groups in total. The van der Waals surface area contributed by atoms with Gasteiger partial charge in [-0.15, -0.1) is 10.2 Å². The van der Waals surface area contributed by atoms with Gasteiger partial charge in [0.1, 0.15) is 23.5 Å². The fourth-order valence-electron chi connectivity index (χ4n) is 5.77. The summed E-state index contributed by atoms with van der Waals surface area (Å²) in [6.07, 6.45) is 4.80. The smallest absolute Gasteiger partial charge is 0.114 e. The number of aliphatic hydroxyl groups is 3. The predicted molar refractivity (Wildman–Crippen MR) is 149 cm³/mol. The molecule has 5 heterocycles. The van der Waals surface area contributed by atoms with Crippen LogP contribution in [0.3, 0.4) is 0 Å². The summed E-state index contributed by atoms with van der Waals surface area (Å²) in [4.78, 5) is 4.14. The van der Waals surface area contributed by atoms with Crippen LogP contribution >= 0.6 is 10.9 Å². The maximum atomic E-state index is 11.6. The second-order valence-corrected chi connectivity index (χ2v) is 12.9. The van der Waals surface area contributed by atoms with Gasteiger partial charge in [0.2, 0.25) is 0 Å². The van der Waals surface area contributed by atoms with E-state index in [2.05, 4.69) is 25.6 Å². The van der Waals surface area contributed by atoms with Gasteiger partial charge in [-0.2, -0.15) is 0 Å². The van der Waals surface area contributed by atoms with Crippen molar-refractivity contribution in [3.8, 4) is 22.5 Å². The Morgan fingerprint density at radius 3 is 2.40 bits per heavy atom. The zero-order valence-corrected chi connectivity index (χ0v) is 22.9. The minimum absolute atomic E-state index is 0.237. The summed E-state index contributed by atoms with van der Waals surface area (Å²) in [6, 6.07) is 12.4. The second-order valence-electron chi connectivity index (χ2n) is 10.1. The Morgan fingerprint density at radius 2 is 1.68 bits per heavy atom. The molecule has 0 radical (unpaired) electrons. The summed E-state index contributed by atoms with van der Waals surface area (Å²) >= 11 is 0. The SMILES string of the molecule is CO[C@H]1C[SH]([C@@H]2COC[C@H](n3cc(-c4ccccc4)nn3)[C@H]2O)[C@H](CO)[C@H](O)[C@@H]1n1cc(-c2cccnc2)nn1. The summed E-state index contributed by atoms with van der Waals surface area (Å²) in [7, 11) is 0.486. The third-order valence-electron chi connectivity index (χ3n) is 7.92. The van der Waals surface area contributed by atoms with Crippen LogP contribution in [0.25, 0.3) is 22.5 Å². The van der Waals surface area contributed by atoms with E-state index < -0.39 is 46.5 Å². The highest BCUT2D eigenvalue weighted by atomic mass is 32.2. The Labute approximate surface area is 233 Å². The third kappa shape index (κ3) is 5.04. The van der Waals surface area contributed by atoms with E-state index in [1.165, 1.54) is 0 Å². The van der Waals surface area contributed by atoms with Crippen LogP contribution in [0.1, 0.15) is 12.1 Å². The van der Waals surface area contributed by atoms with Crippen molar-refractivity contribution in [3.05, 3.63) is 67.3 Å². The molecule has 13 heteroatoms. The molecule has 0 amide bonds. The number of aliphatic hydroxyl groups excluding tert-OH is 3. The number of hydrogen-bond acceptors (Lipinski definition) is 10. The van der Waals surface area contributed by atoms with Crippen LogP contribution in [0.5, 0.6) is 0 Å². The molecular formula is C27H33N7O5S. The molecule has 1 unspecified atom stereocenters. The van der Waals surface area contributed by atoms with Gasteiger partial charge in [0.25, 0.3) is 0 Å². The first-order valence-electron chi connectivity index (χ1n) is 13.2. The highest BCUT2D eigenvalue weighted by molar-refractivity contribution is 8.18. The molecule has 1 aromatic carbocycles. The van der Waals surface area contributed by atoms with Crippen molar-refractivity contribution in [2.75, 3.05) is 32.7 Å². The minimum Gasteiger partial charge on any atom is -0.395 e. The van der Waals surface area contributed by atoms with E-state index in [4.69, 9.17) is 9.47 Å². The lowest BCUT2D eigenvalue weighted by atomic mass is 10.0. The normalized spacial score (nSPS) is 31.7. The number of benzene rings is 1. The minimum atomic E-state index is -1.12. The molecule has 0 aliphatic carbocycles. The average Bonchev–Trinajstić information content (AvgIpc) is 3.69. The Hall–Kier alpha value is -3.20. The van der Waals surface area contributed by atoms with Crippen LogP contribution in [0, 0.1) is 0 Å². The molecule has 2 saturated heterocycles. The molecule has 4 aromatic rings. The van der Waals surface area contributed by atoms with Crippen LogP contribution in [-0.2, 0) is 9.47 Å². The van der Waals surface area contributed by atoms with Crippen LogP contribution in [-0.4, -0.2) is 112 Å². The number of nitrogens with zero attached hydrogens (tertiary/aromatic N) is 7. The maximum Gasteiger partial charge on any atom is 0.114 e. The van der Waals surface area contributed by atoms with Crippen LogP contribution in [0.15, 0.2) is 67.3 Å². The summed E-state index contributed by atoms with van der Waals surface area (Å²) in [5.41, 5.74) is 3.09. The van der Waals surface area contributed by atoms with E-state index in [9.17, 15) is 15.3 Å². The van der Waals surface area contributed by atoms with Gasteiger partial charge in [-0.05, 0) is 12.1 Å². The number of ether oxygens (including phenoxy) is 2. The lowest BCUT2D eigenvalue weighted by molar-refractivity contribution is -0.0339. The number of thiol groups is 1. The first-order chi connectivity index (χ1) is 19.6. The van der Waals surface area contributed by atoms with E-state index in [1.807, 2.05) is 48.7 Å². The monoisotopic (exact) mass is 567 g/mol.